The van der Waals surface area contributed by atoms with Crippen LogP contribution in [-0.4, -0.2) is 79.5 Å². The van der Waals surface area contributed by atoms with Gasteiger partial charge in [0.05, 0.1) is 26.4 Å². The van der Waals surface area contributed by atoms with Crippen LogP contribution in [0.1, 0.15) is 25.3 Å². The molecule has 2 aliphatic rings. The normalized spacial score (nSPS) is 24.4. The van der Waals surface area contributed by atoms with Crippen molar-refractivity contribution in [1.29, 1.82) is 0 Å². The van der Waals surface area contributed by atoms with E-state index in [1.165, 1.54) is 5.56 Å². The Balaban J connectivity index is 0.00000320. The number of aliphatic hydroxyl groups is 1. The summed E-state index contributed by atoms with van der Waals surface area (Å²) in [4.78, 5) is 7.09. The Labute approximate surface area is 201 Å². The van der Waals surface area contributed by atoms with E-state index in [1.807, 2.05) is 6.07 Å². The molecule has 9 heteroatoms. The Morgan fingerprint density at radius 3 is 2.63 bits per heavy atom. The van der Waals surface area contributed by atoms with Crippen LogP contribution in [0.2, 0.25) is 0 Å². The van der Waals surface area contributed by atoms with Crippen molar-refractivity contribution >= 4 is 41.7 Å². The predicted octanol–water partition coefficient (Wildman–Crippen LogP) is 2.32. The topological polar surface area (TPSA) is 78.4 Å². The van der Waals surface area contributed by atoms with E-state index < -0.39 is 5.60 Å². The number of halogens is 1. The van der Waals surface area contributed by atoms with Crippen molar-refractivity contribution in [2.75, 3.05) is 51.9 Å². The van der Waals surface area contributed by atoms with E-state index in [1.54, 1.807) is 26.0 Å². The van der Waals surface area contributed by atoms with Crippen molar-refractivity contribution in [2.24, 2.45) is 4.99 Å². The van der Waals surface area contributed by atoms with Gasteiger partial charge in [0.1, 0.15) is 11.5 Å². The highest BCUT2D eigenvalue weighted by Crippen LogP contribution is 2.28. The van der Waals surface area contributed by atoms with Gasteiger partial charge in [-0.1, -0.05) is 0 Å². The lowest BCUT2D eigenvalue weighted by atomic mass is 10.1. The first-order valence-corrected chi connectivity index (χ1v) is 11.5. The van der Waals surface area contributed by atoms with E-state index in [4.69, 9.17) is 9.47 Å². The number of hydrogen-bond donors (Lipinski definition) is 3. The molecule has 0 bridgehead atoms. The Morgan fingerprint density at radius 1 is 1.30 bits per heavy atom. The minimum absolute atomic E-state index is 0. The molecule has 7 nitrogen and oxygen atoms in total. The van der Waals surface area contributed by atoms with Crippen LogP contribution in [0.25, 0.3) is 0 Å². The van der Waals surface area contributed by atoms with Crippen LogP contribution >= 0.6 is 35.7 Å². The van der Waals surface area contributed by atoms with Gasteiger partial charge < -0.3 is 25.2 Å². The number of aliphatic imine (C=N–C) groups is 1. The van der Waals surface area contributed by atoms with Crippen molar-refractivity contribution < 1.29 is 14.6 Å². The molecule has 0 aromatic heterocycles. The average Bonchev–Trinajstić information content (AvgIpc) is 3.35. The number of hydrogen-bond acceptors (Lipinski definition) is 6. The molecule has 0 aliphatic carbocycles. The number of nitrogens with one attached hydrogen (secondary N) is 2. The zero-order valence-corrected chi connectivity index (χ0v) is 21.3. The first-order valence-electron chi connectivity index (χ1n) is 10.3. The maximum Gasteiger partial charge on any atom is 0.191 e. The summed E-state index contributed by atoms with van der Waals surface area (Å²) >= 11 is 1.80. The Kier molecular flexibility index (Phi) is 10.3. The molecule has 170 valence electrons. The molecule has 2 heterocycles. The lowest BCUT2D eigenvalue weighted by molar-refractivity contribution is 0.0778. The predicted molar refractivity (Wildman–Crippen MR) is 135 cm³/mol. The zero-order valence-electron chi connectivity index (χ0n) is 18.1. The Morgan fingerprint density at radius 2 is 2.03 bits per heavy atom. The van der Waals surface area contributed by atoms with Gasteiger partial charge in [0.15, 0.2) is 5.96 Å². The third-order valence-electron chi connectivity index (χ3n) is 5.39. The molecule has 0 amide bonds. The first-order chi connectivity index (χ1) is 14.0. The molecule has 1 aromatic carbocycles. The summed E-state index contributed by atoms with van der Waals surface area (Å²) in [5.74, 6) is 4.23. The molecule has 2 saturated heterocycles. The lowest BCUT2D eigenvalue weighted by Crippen LogP contribution is -2.45. The van der Waals surface area contributed by atoms with Gasteiger partial charge in [-0.15, -0.1) is 24.0 Å². The SMILES string of the molecule is CCNC(=NCC1(O)CCSC1)NC1CCN(Cc2cc(OC)cc(OC)c2)C1.I. The summed E-state index contributed by atoms with van der Waals surface area (Å²) in [5.41, 5.74) is 0.531. The van der Waals surface area contributed by atoms with Crippen LogP contribution in [0.15, 0.2) is 23.2 Å². The molecule has 0 radical (unpaired) electrons. The van der Waals surface area contributed by atoms with E-state index in [-0.39, 0.29) is 24.0 Å². The highest BCUT2D eigenvalue weighted by molar-refractivity contribution is 14.0. The minimum atomic E-state index is -0.653. The molecule has 2 fully saturated rings. The summed E-state index contributed by atoms with van der Waals surface area (Å²) in [5, 5.41) is 17.4. The van der Waals surface area contributed by atoms with E-state index in [2.05, 4.69) is 39.6 Å². The second-order valence-electron chi connectivity index (χ2n) is 7.81. The fourth-order valence-electron chi connectivity index (χ4n) is 3.77. The van der Waals surface area contributed by atoms with Gasteiger partial charge in [-0.2, -0.15) is 11.8 Å². The third-order valence-corrected chi connectivity index (χ3v) is 6.62. The molecule has 3 N–H and O–H groups in total. The maximum absolute atomic E-state index is 10.5. The molecule has 2 atom stereocenters. The van der Waals surface area contributed by atoms with Crippen LogP contribution in [-0.2, 0) is 6.54 Å². The van der Waals surface area contributed by atoms with Gasteiger partial charge in [-0.25, -0.2) is 0 Å². The van der Waals surface area contributed by atoms with Crippen molar-refractivity contribution in [1.82, 2.24) is 15.5 Å². The molecule has 2 unspecified atom stereocenters. The molecule has 1 aromatic rings. The number of nitrogens with zero attached hydrogens (tertiary/aromatic N) is 2. The second kappa shape index (κ2) is 12.2. The highest BCUT2D eigenvalue weighted by atomic mass is 127. The number of rotatable bonds is 8. The van der Waals surface area contributed by atoms with Crippen LogP contribution in [0, 0.1) is 0 Å². The lowest BCUT2D eigenvalue weighted by Gasteiger charge is -2.22. The minimum Gasteiger partial charge on any atom is -0.497 e. The summed E-state index contributed by atoms with van der Waals surface area (Å²) in [6.45, 7) is 6.15. The second-order valence-corrected chi connectivity index (χ2v) is 8.91. The van der Waals surface area contributed by atoms with Crippen molar-refractivity contribution in [2.45, 2.75) is 38.0 Å². The standard InChI is InChI=1S/C21H34N4O3S.HI/c1-4-22-20(23-14-21(26)6-8-29-15-21)24-17-5-7-25(13-17)12-16-9-18(27-2)11-19(10-16)28-3;/h9-11,17,26H,4-8,12-15H2,1-3H3,(H2,22,23,24);1H. The van der Waals surface area contributed by atoms with Gasteiger partial charge in [0.25, 0.3) is 0 Å². The highest BCUT2D eigenvalue weighted by Gasteiger charge is 2.31. The van der Waals surface area contributed by atoms with Crippen molar-refractivity contribution in [3.63, 3.8) is 0 Å². The van der Waals surface area contributed by atoms with Crippen molar-refractivity contribution in [3.8, 4) is 11.5 Å². The number of thioether (sulfide) groups is 1. The van der Waals surface area contributed by atoms with E-state index >= 15 is 0 Å². The van der Waals surface area contributed by atoms with Gasteiger partial charge in [0, 0.05) is 44.0 Å². The largest absolute Gasteiger partial charge is 0.497 e. The first kappa shape index (κ1) is 25.4. The Hall–Kier alpha value is -0.910. The number of likely N-dealkylation sites (tertiary alicyclic amines) is 1. The smallest absolute Gasteiger partial charge is 0.191 e. The molecule has 0 spiro atoms. The van der Waals surface area contributed by atoms with Gasteiger partial charge >= 0.3 is 0 Å². The summed E-state index contributed by atoms with van der Waals surface area (Å²) in [7, 11) is 3.35. The average molecular weight is 551 g/mol. The molecule has 30 heavy (non-hydrogen) atoms. The van der Waals surface area contributed by atoms with E-state index in [9.17, 15) is 5.11 Å². The van der Waals surface area contributed by atoms with E-state index in [0.717, 1.165) is 68.0 Å². The Bertz CT molecular complexity index is 679. The fourth-order valence-corrected chi connectivity index (χ4v) is 5.05. The number of ether oxygens (including phenoxy) is 2. The molecule has 0 saturated carbocycles. The maximum atomic E-state index is 10.5. The monoisotopic (exact) mass is 550 g/mol. The third kappa shape index (κ3) is 7.35. The number of guanidine groups is 1. The van der Waals surface area contributed by atoms with E-state index in [0.29, 0.717) is 12.6 Å². The van der Waals surface area contributed by atoms with Crippen molar-refractivity contribution in [3.05, 3.63) is 23.8 Å². The van der Waals surface area contributed by atoms with Crippen LogP contribution in [0.5, 0.6) is 11.5 Å². The number of methoxy groups -OCH3 is 2. The molecule has 3 rings (SSSR count). The van der Waals surface area contributed by atoms with Gasteiger partial charge in [-0.3, -0.25) is 9.89 Å². The summed E-state index contributed by atoms with van der Waals surface area (Å²) in [6, 6.07) is 6.37. The molecular weight excluding hydrogens is 515 g/mol. The number of benzene rings is 1. The zero-order chi connectivity index (χ0) is 20.7. The summed E-state index contributed by atoms with van der Waals surface area (Å²) < 4.78 is 10.8. The van der Waals surface area contributed by atoms with Gasteiger partial charge in [-0.05, 0) is 43.2 Å². The fraction of sp³-hybridized carbons (Fsp3) is 0.667. The van der Waals surface area contributed by atoms with Gasteiger partial charge in [0.2, 0.25) is 0 Å². The molecular formula is C21H35IN4O3S. The summed E-state index contributed by atoms with van der Waals surface area (Å²) in [6.07, 6.45) is 1.88. The van der Waals surface area contributed by atoms with Crippen LogP contribution < -0.4 is 20.1 Å². The van der Waals surface area contributed by atoms with Crippen LogP contribution in [0.4, 0.5) is 0 Å². The quantitative estimate of drug-likeness (QED) is 0.261. The van der Waals surface area contributed by atoms with Crippen LogP contribution in [0.3, 0.4) is 0 Å². The molecule has 2 aliphatic heterocycles.